The molecule has 2 fully saturated rings. The van der Waals surface area contributed by atoms with E-state index in [0.29, 0.717) is 6.04 Å². The molecule has 2 heterocycles. The largest absolute Gasteiger partial charge is 0.490 e. The van der Waals surface area contributed by atoms with Gasteiger partial charge >= 0.3 is 12.1 Å². The Morgan fingerprint density at radius 2 is 1.39 bits per heavy atom. The first-order chi connectivity index (χ1) is 15.6. The van der Waals surface area contributed by atoms with Crippen molar-refractivity contribution in [1.82, 2.24) is 9.80 Å². The predicted molar refractivity (Wildman–Crippen MR) is 115 cm³/mol. The van der Waals surface area contributed by atoms with E-state index < -0.39 is 12.1 Å². The molecule has 1 amide bonds. The highest BCUT2D eigenvalue weighted by Crippen LogP contribution is 2.25. The Balaban J connectivity index is 0.000000383. The Hall–Kier alpha value is -2.94. The van der Waals surface area contributed by atoms with Crippen LogP contribution < -0.4 is 0 Å². The van der Waals surface area contributed by atoms with Gasteiger partial charge in [-0.15, -0.1) is 0 Å². The average molecular weight is 466 g/mol. The zero-order valence-corrected chi connectivity index (χ0v) is 18.0. The molecule has 5 nitrogen and oxygen atoms in total. The van der Waals surface area contributed by atoms with E-state index in [4.69, 9.17) is 9.90 Å². The van der Waals surface area contributed by atoms with E-state index in [0.717, 1.165) is 42.6 Å². The van der Waals surface area contributed by atoms with Crippen LogP contribution >= 0.6 is 0 Å². The number of benzene rings is 2. The quantitative estimate of drug-likeness (QED) is 0.656. The van der Waals surface area contributed by atoms with E-state index in [1.807, 2.05) is 24.3 Å². The molecule has 2 saturated heterocycles. The number of alkyl halides is 3. The maximum absolute atomic E-state index is 13.1. The number of amides is 1. The minimum absolute atomic E-state index is 0.136. The summed E-state index contributed by atoms with van der Waals surface area (Å²) in [6, 6.07) is 14.5. The molecule has 1 unspecified atom stereocenters. The number of likely N-dealkylation sites (tertiary alicyclic amines) is 2. The summed E-state index contributed by atoms with van der Waals surface area (Å²) in [5.41, 5.74) is 2.69. The van der Waals surface area contributed by atoms with Crippen LogP contribution in [-0.4, -0.2) is 65.2 Å². The van der Waals surface area contributed by atoms with Crippen LogP contribution in [0.4, 0.5) is 17.6 Å². The number of rotatable bonds is 4. The molecule has 178 valence electrons. The number of halogens is 4. The van der Waals surface area contributed by atoms with Gasteiger partial charge in [-0.05, 0) is 74.2 Å². The molecule has 0 saturated carbocycles. The lowest BCUT2D eigenvalue weighted by Gasteiger charge is -2.28. The van der Waals surface area contributed by atoms with Crippen molar-refractivity contribution in [3.8, 4) is 11.1 Å². The van der Waals surface area contributed by atoms with Crippen LogP contribution in [0.5, 0.6) is 0 Å². The third-order valence-electron chi connectivity index (χ3n) is 5.86. The maximum Gasteiger partial charge on any atom is 0.490 e. The number of hydrogen-bond donors (Lipinski definition) is 1. The molecule has 2 aromatic carbocycles. The van der Waals surface area contributed by atoms with E-state index in [2.05, 4.69) is 9.80 Å². The van der Waals surface area contributed by atoms with Crippen molar-refractivity contribution in [3.05, 3.63) is 59.9 Å². The van der Waals surface area contributed by atoms with Crippen molar-refractivity contribution in [2.75, 3.05) is 26.2 Å². The Morgan fingerprint density at radius 3 is 1.91 bits per heavy atom. The number of carbonyl (C=O) groups excluding carboxylic acids is 1. The summed E-state index contributed by atoms with van der Waals surface area (Å²) in [5.74, 6) is -2.86. The van der Waals surface area contributed by atoms with Crippen molar-refractivity contribution in [1.29, 1.82) is 0 Å². The third-order valence-corrected chi connectivity index (χ3v) is 5.86. The van der Waals surface area contributed by atoms with Gasteiger partial charge in [0.2, 0.25) is 0 Å². The van der Waals surface area contributed by atoms with Gasteiger partial charge < -0.3 is 14.9 Å². The zero-order chi connectivity index (χ0) is 24.0. The predicted octanol–water partition coefficient (Wildman–Crippen LogP) is 4.83. The molecule has 0 aromatic heterocycles. The molecule has 2 aromatic rings. The van der Waals surface area contributed by atoms with Crippen LogP contribution in [0.3, 0.4) is 0 Å². The van der Waals surface area contributed by atoms with Crippen LogP contribution in [0, 0.1) is 5.82 Å². The highest BCUT2D eigenvalue weighted by Gasteiger charge is 2.38. The molecule has 2 aliphatic rings. The second-order valence-corrected chi connectivity index (χ2v) is 8.19. The second-order valence-electron chi connectivity index (χ2n) is 8.19. The fourth-order valence-electron chi connectivity index (χ4n) is 4.17. The molecule has 0 bridgehead atoms. The Kier molecular flexibility index (Phi) is 8.07. The van der Waals surface area contributed by atoms with E-state index >= 15 is 0 Å². The Bertz CT molecular complexity index is 940. The smallest absolute Gasteiger partial charge is 0.475 e. The standard InChI is InChI=1S/C22H25FN2O.C2HF3O2/c23-20-11-9-18(10-12-20)17-5-7-19(8-6-17)22(26)25-15-3-4-21(25)16-24-13-1-2-14-24;3-2(4,5)1(6)7/h5-12,21H,1-4,13-16H2;(H,6,7). The topological polar surface area (TPSA) is 60.9 Å². The summed E-state index contributed by atoms with van der Waals surface area (Å²) in [5, 5.41) is 7.12. The molecule has 0 radical (unpaired) electrons. The summed E-state index contributed by atoms with van der Waals surface area (Å²) in [6.45, 7) is 4.21. The van der Waals surface area contributed by atoms with Crippen molar-refractivity contribution in [3.63, 3.8) is 0 Å². The van der Waals surface area contributed by atoms with Crippen molar-refractivity contribution in [2.24, 2.45) is 0 Å². The van der Waals surface area contributed by atoms with Crippen molar-refractivity contribution < 1.29 is 32.3 Å². The SMILES string of the molecule is O=C(O)C(F)(F)F.O=C(c1ccc(-c2ccc(F)cc2)cc1)N1CCCC1CN1CCCC1. The third kappa shape index (κ3) is 6.77. The molecular formula is C24H26F4N2O3. The molecule has 4 rings (SSSR count). The summed E-state index contributed by atoms with van der Waals surface area (Å²) in [6.07, 6.45) is -0.315. The summed E-state index contributed by atoms with van der Waals surface area (Å²) in [7, 11) is 0. The highest BCUT2D eigenvalue weighted by atomic mass is 19.4. The summed E-state index contributed by atoms with van der Waals surface area (Å²) < 4.78 is 44.8. The van der Waals surface area contributed by atoms with Gasteiger partial charge in [0.05, 0.1) is 0 Å². The molecule has 1 N–H and O–H groups in total. The Morgan fingerprint density at radius 1 is 0.879 bits per heavy atom. The lowest BCUT2D eigenvalue weighted by atomic mass is 10.0. The number of carboxylic acid groups (broad SMARTS) is 1. The van der Waals surface area contributed by atoms with Gasteiger partial charge in [-0.25, -0.2) is 9.18 Å². The first-order valence-corrected chi connectivity index (χ1v) is 10.8. The van der Waals surface area contributed by atoms with Gasteiger partial charge in [0, 0.05) is 24.7 Å². The minimum Gasteiger partial charge on any atom is -0.475 e. The molecule has 33 heavy (non-hydrogen) atoms. The first kappa shape index (κ1) is 24.7. The van der Waals surface area contributed by atoms with Crippen LogP contribution in [0.25, 0.3) is 11.1 Å². The first-order valence-electron chi connectivity index (χ1n) is 10.8. The van der Waals surface area contributed by atoms with Gasteiger partial charge in [-0.2, -0.15) is 13.2 Å². The van der Waals surface area contributed by atoms with E-state index in [1.54, 1.807) is 12.1 Å². The van der Waals surface area contributed by atoms with Gasteiger partial charge in [0.1, 0.15) is 5.82 Å². The van der Waals surface area contributed by atoms with E-state index in [9.17, 15) is 22.4 Å². The van der Waals surface area contributed by atoms with Gasteiger partial charge in [0.25, 0.3) is 5.91 Å². The number of hydrogen-bond acceptors (Lipinski definition) is 3. The van der Waals surface area contributed by atoms with Crippen LogP contribution in [-0.2, 0) is 4.79 Å². The Labute approximate surface area is 189 Å². The summed E-state index contributed by atoms with van der Waals surface area (Å²) in [4.78, 5) is 26.4. The lowest BCUT2D eigenvalue weighted by Crippen LogP contribution is -2.42. The molecular weight excluding hydrogens is 440 g/mol. The minimum atomic E-state index is -5.08. The lowest BCUT2D eigenvalue weighted by molar-refractivity contribution is -0.192. The monoisotopic (exact) mass is 466 g/mol. The molecule has 2 aliphatic heterocycles. The van der Waals surface area contributed by atoms with Crippen molar-refractivity contribution >= 4 is 11.9 Å². The fraction of sp³-hybridized carbons (Fsp3) is 0.417. The van der Waals surface area contributed by atoms with Gasteiger partial charge in [-0.1, -0.05) is 24.3 Å². The van der Waals surface area contributed by atoms with Crippen LogP contribution in [0.2, 0.25) is 0 Å². The fourth-order valence-corrected chi connectivity index (χ4v) is 4.17. The number of aliphatic carboxylic acids is 1. The number of nitrogens with zero attached hydrogens (tertiary/aromatic N) is 2. The highest BCUT2D eigenvalue weighted by molar-refractivity contribution is 5.95. The maximum atomic E-state index is 13.1. The number of carbonyl (C=O) groups is 2. The van der Waals surface area contributed by atoms with Crippen LogP contribution in [0.1, 0.15) is 36.0 Å². The zero-order valence-electron chi connectivity index (χ0n) is 18.0. The van der Waals surface area contributed by atoms with Crippen LogP contribution in [0.15, 0.2) is 48.5 Å². The normalized spacial score (nSPS) is 18.7. The summed E-state index contributed by atoms with van der Waals surface area (Å²) >= 11 is 0. The van der Waals surface area contributed by atoms with E-state index in [1.165, 1.54) is 38.1 Å². The molecule has 0 aliphatic carbocycles. The van der Waals surface area contributed by atoms with Crippen molar-refractivity contribution in [2.45, 2.75) is 37.9 Å². The second kappa shape index (κ2) is 10.8. The van der Waals surface area contributed by atoms with Gasteiger partial charge in [-0.3, -0.25) is 4.79 Å². The van der Waals surface area contributed by atoms with E-state index in [-0.39, 0.29) is 11.7 Å². The molecule has 9 heteroatoms. The van der Waals surface area contributed by atoms with Gasteiger partial charge in [0.15, 0.2) is 0 Å². The average Bonchev–Trinajstić information content (AvgIpc) is 3.46. The molecule has 1 atom stereocenters. The molecule has 0 spiro atoms. The number of carboxylic acids is 1.